The predicted molar refractivity (Wildman–Crippen MR) is 83.5 cm³/mol. The van der Waals surface area contributed by atoms with E-state index in [2.05, 4.69) is 4.90 Å². The zero-order chi connectivity index (χ0) is 15.6. The standard InChI is InChI=1S/C16H21N3O2/c1-17(2)9-10-19-11-13(15(20)16(21)18(3)4)12-7-5-6-8-14(12)19/h5-8,11H,9-10H2,1-4H3. The first-order valence-corrected chi connectivity index (χ1v) is 6.90. The number of aromatic nitrogens is 1. The lowest BCUT2D eigenvalue weighted by Crippen LogP contribution is -2.29. The highest BCUT2D eigenvalue weighted by molar-refractivity contribution is 6.44. The van der Waals surface area contributed by atoms with Crippen LogP contribution in [-0.4, -0.2) is 60.8 Å². The van der Waals surface area contributed by atoms with Crippen molar-refractivity contribution in [3.8, 4) is 0 Å². The fraction of sp³-hybridized carbons (Fsp3) is 0.375. The van der Waals surface area contributed by atoms with E-state index < -0.39 is 11.7 Å². The molecule has 0 aliphatic carbocycles. The van der Waals surface area contributed by atoms with E-state index in [1.54, 1.807) is 20.3 Å². The second-order valence-corrected chi connectivity index (χ2v) is 5.59. The third kappa shape index (κ3) is 3.13. The van der Waals surface area contributed by atoms with Crippen molar-refractivity contribution in [2.45, 2.75) is 6.54 Å². The van der Waals surface area contributed by atoms with Gasteiger partial charge < -0.3 is 14.4 Å². The summed E-state index contributed by atoms with van der Waals surface area (Å²) in [5.74, 6) is -0.953. The molecule has 0 unspecified atom stereocenters. The van der Waals surface area contributed by atoms with Crippen LogP contribution in [0, 0.1) is 0 Å². The molecule has 5 heteroatoms. The number of hydrogen-bond acceptors (Lipinski definition) is 3. The molecule has 0 radical (unpaired) electrons. The van der Waals surface area contributed by atoms with Gasteiger partial charge >= 0.3 is 0 Å². The van der Waals surface area contributed by atoms with Crippen molar-refractivity contribution in [3.05, 3.63) is 36.0 Å². The van der Waals surface area contributed by atoms with Gasteiger partial charge in [0, 0.05) is 44.3 Å². The highest BCUT2D eigenvalue weighted by atomic mass is 16.2. The first-order chi connectivity index (χ1) is 9.91. The van der Waals surface area contributed by atoms with Crippen LogP contribution in [0.4, 0.5) is 0 Å². The van der Waals surface area contributed by atoms with Gasteiger partial charge in [-0.2, -0.15) is 0 Å². The van der Waals surface area contributed by atoms with Crippen LogP contribution in [-0.2, 0) is 11.3 Å². The number of rotatable bonds is 5. The smallest absolute Gasteiger partial charge is 0.294 e. The summed E-state index contributed by atoms with van der Waals surface area (Å²) in [6, 6.07) is 7.69. The zero-order valence-corrected chi connectivity index (χ0v) is 13.0. The van der Waals surface area contributed by atoms with E-state index in [9.17, 15) is 9.59 Å². The zero-order valence-electron chi connectivity index (χ0n) is 13.0. The summed E-state index contributed by atoms with van der Waals surface area (Å²) in [5.41, 5.74) is 1.46. The third-order valence-electron chi connectivity index (χ3n) is 3.42. The minimum absolute atomic E-state index is 0.459. The molecule has 0 atom stereocenters. The molecule has 0 bridgehead atoms. The van der Waals surface area contributed by atoms with Crippen molar-refractivity contribution in [3.63, 3.8) is 0 Å². The van der Waals surface area contributed by atoms with Crippen LogP contribution in [0.5, 0.6) is 0 Å². The maximum atomic E-state index is 12.3. The molecular formula is C16H21N3O2. The van der Waals surface area contributed by atoms with Gasteiger partial charge in [0.25, 0.3) is 11.7 Å². The molecule has 0 aliphatic heterocycles. The third-order valence-corrected chi connectivity index (χ3v) is 3.42. The number of nitrogens with zero attached hydrogens (tertiary/aromatic N) is 3. The Labute approximate surface area is 124 Å². The van der Waals surface area contributed by atoms with Crippen molar-refractivity contribution in [2.24, 2.45) is 0 Å². The summed E-state index contributed by atoms with van der Waals surface area (Å²) in [5, 5.41) is 0.830. The Morgan fingerprint density at radius 2 is 1.76 bits per heavy atom. The number of Topliss-reactive ketones (excluding diaryl/α,β-unsaturated/α-hetero) is 1. The van der Waals surface area contributed by atoms with Gasteiger partial charge in [-0.3, -0.25) is 9.59 Å². The van der Waals surface area contributed by atoms with Gasteiger partial charge in [-0.05, 0) is 20.2 Å². The van der Waals surface area contributed by atoms with E-state index in [-0.39, 0.29) is 0 Å². The summed E-state index contributed by atoms with van der Waals surface area (Å²) in [6.45, 7) is 1.64. The Bertz CT molecular complexity index is 671. The molecule has 1 heterocycles. The number of amides is 1. The van der Waals surface area contributed by atoms with Crippen molar-refractivity contribution in [1.82, 2.24) is 14.4 Å². The molecule has 1 aromatic carbocycles. The molecule has 2 rings (SSSR count). The number of benzene rings is 1. The molecule has 2 aromatic rings. The lowest BCUT2D eigenvalue weighted by molar-refractivity contribution is -0.124. The van der Waals surface area contributed by atoms with Gasteiger partial charge in [0.1, 0.15) is 0 Å². The molecule has 0 aliphatic rings. The Morgan fingerprint density at radius 3 is 2.38 bits per heavy atom. The number of hydrogen-bond donors (Lipinski definition) is 0. The van der Waals surface area contributed by atoms with Crippen LogP contribution < -0.4 is 0 Å². The minimum atomic E-state index is -0.495. The number of fused-ring (bicyclic) bond motifs is 1. The second kappa shape index (κ2) is 6.10. The molecular weight excluding hydrogens is 266 g/mol. The number of carbonyl (C=O) groups is 2. The molecule has 0 saturated carbocycles. The van der Waals surface area contributed by atoms with Crippen LogP contribution in [0.25, 0.3) is 10.9 Å². The lowest BCUT2D eigenvalue weighted by Gasteiger charge is -2.11. The second-order valence-electron chi connectivity index (χ2n) is 5.59. The van der Waals surface area contributed by atoms with Crippen LogP contribution in [0.2, 0.25) is 0 Å². The summed E-state index contributed by atoms with van der Waals surface area (Å²) in [7, 11) is 7.19. The van der Waals surface area contributed by atoms with Gasteiger partial charge in [0.05, 0.1) is 5.56 Å². The van der Waals surface area contributed by atoms with Crippen molar-refractivity contribution >= 4 is 22.6 Å². The highest BCUT2D eigenvalue weighted by Crippen LogP contribution is 2.22. The highest BCUT2D eigenvalue weighted by Gasteiger charge is 2.22. The van der Waals surface area contributed by atoms with E-state index in [0.29, 0.717) is 5.56 Å². The Balaban J connectivity index is 2.45. The predicted octanol–water partition coefficient (Wildman–Crippen LogP) is 1.47. The van der Waals surface area contributed by atoms with Gasteiger partial charge in [-0.1, -0.05) is 18.2 Å². The number of ketones is 1. The summed E-state index contributed by atoms with van der Waals surface area (Å²) in [6.07, 6.45) is 1.79. The van der Waals surface area contributed by atoms with Crippen LogP contribution in [0.1, 0.15) is 10.4 Å². The van der Waals surface area contributed by atoms with Crippen LogP contribution in [0.15, 0.2) is 30.5 Å². The average Bonchev–Trinajstić information content (AvgIpc) is 2.82. The minimum Gasteiger partial charge on any atom is -0.345 e. The summed E-state index contributed by atoms with van der Waals surface area (Å²) < 4.78 is 2.03. The van der Waals surface area contributed by atoms with E-state index in [1.807, 2.05) is 42.9 Å². The normalized spacial score (nSPS) is 11.1. The fourth-order valence-corrected chi connectivity index (χ4v) is 2.24. The Morgan fingerprint density at radius 1 is 1.10 bits per heavy atom. The largest absolute Gasteiger partial charge is 0.345 e. The molecule has 0 spiro atoms. The molecule has 112 valence electrons. The monoisotopic (exact) mass is 287 g/mol. The Kier molecular flexibility index (Phi) is 4.43. The molecule has 1 aromatic heterocycles. The topological polar surface area (TPSA) is 45.6 Å². The van der Waals surface area contributed by atoms with E-state index >= 15 is 0 Å². The SMILES string of the molecule is CN(C)CCn1cc(C(=O)C(=O)N(C)C)c2ccccc21. The van der Waals surface area contributed by atoms with Gasteiger partial charge in [0.15, 0.2) is 0 Å². The van der Waals surface area contributed by atoms with Crippen molar-refractivity contribution in [2.75, 3.05) is 34.7 Å². The van der Waals surface area contributed by atoms with Gasteiger partial charge in [-0.25, -0.2) is 0 Å². The first-order valence-electron chi connectivity index (χ1n) is 6.90. The van der Waals surface area contributed by atoms with Crippen molar-refractivity contribution < 1.29 is 9.59 Å². The number of para-hydroxylation sites is 1. The van der Waals surface area contributed by atoms with E-state index in [1.165, 1.54) is 4.90 Å². The van der Waals surface area contributed by atoms with E-state index in [0.717, 1.165) is 24.0 Å². The first kappa shape index (κ1) is 15.3. The number of carbonyl (C=O) groups excluding carboxylic acids is 2. The molecule has 21 heavy (non-hydrogen) atoms. The average molecular weight is 287 g/mol. The van der Waals surface area contributed by atoms with Crippen LogP contribution in [0.3, 0.4) is 0 Å². The van der Waals surface area contributed by atoms with Gasteiger partial charge in [-0.15, -0.1) is 0 Å². The maximum absolute atomic E-state index is 12.3. The Hall–Kier alpha value is -2.14. The summed E-state index contributed by atoms with van der Waals surface area (Å²) in [4.78, 5) is 27.7. The quantitative estimate of drug-likeness (QED) is 0.618. The van der Waals surface area contributed by atoms with Crippen molar-refractivity contribution in [1.29, 1.82) is 0 Å². The molecule has 0 fully saturated rings. The molecule has 5 nitrogen and oxygen atoms in total. The number of likely N-dealkylation sites (N-methyl/N-ethyl adjacent to an activating group) is 2. The lowest BCUT2D eigenvalue weighted by atomic mass is 10.1. The fourth-order valence-electron chi connectivity index (χ4n) is 2.24. The summed E-state index contributed by atoms with van der Waals surface area (Å²) >= 11 is 0. The van der Waals surface area contributed by atoms with Crippen LogP contribution >= 0.6 is 0 Å². The van der Waals surface area contributed by atoms with Gasteiger partial charge in [0.2, 0.25) is 0 Å². The van der Waals surface area contributed by atoms with E-state index in [4.69, 9.17) is 0 Å². The molecule has 0 saturated heterocycles. The molecule has 1 amide bonds. The molecule has 0 N–H and O–H groups in total. The maximum Gasteiger partial charge on any atom is 0.294 e.